The molecule has 0 aliphatic carbocycles. The number of nitrogens with zero attached hydrogens (tertiary/aromatic N) is 1. The third-order valence-electron chi connectivity index (χ3n) is 5.35. The van der Waals surface area contributed by atoms with Gasteiger partial charge in [-0.2, -0.15) is 4.31 Å². The standard InChI is InChI=1S/C22H22N2O5S/c1-15-6-4-5-13-24(15)30(27,28)18-11-9-17(10-12-18)23-21(25)19-14-16-7-2-3-8-20(16)29-22(19)26/h2-3,7-12,14-15H,4-6,13H2,1H3,(H,23,25). The number of carbonyl (C=O) groups excluding carboxylic acids is 1. The highest BCUT2D eigenvalue weighted by Gasteiger charge is 2.30. The van der Waals surface area contributed by atoms with Crippen LogP contribution in [0.4, 0.5) is 5.69 Å². The Labute approximate surface area is 174 Å². The van der Waals surface area contributed by atoms with E-state index in [1.165, 1.54) is 34.6 Å². The van der Waals surface area contributed by atoms with E-state index in [1.54, 1.807) is 24.3 Å². The Morgan fingerprint density at radius 3 is 2.57 bits per heavy atom. The highest BCUT2D eigenvalue weighted by Crippen LogP contribution is 2.26. The summed E-state index contributed by atoms with van der Waals surface area (Å²) in [5, 5.41) is 3.26. The first kappa shape index (κ1) is 20.3. The second kappa shape index (κ2) is 8.04. The Kier molecular flexibility index (Phi) is 5.44. The van der Waals surface area contributed by atoms with Crippen LogP contribution in [0.15, 0.2) is 68.7 Å². The summed E-state index contributed by atoms with van der Waals surface area (Å²) in [6, 6.07) is 14.3. The van der Waals surface area contributed by atoms with Crippen molar-refractivity contribution in [2.45, 2.75) is 37.1 Å². The molecular formula is C22H22N2O5S. The second-order valence-electron chi connectivity index (χ2n) is 7.42. The molecule has 30 heavy (non-hydrogen) atoms. The molecule has 0 radical (unpaired) electrons. The zero-order chi connectivity index (χ0) is 21.3. The van der Waals surface area contributed by atoms with Crippen LogP contribution in [0.3, 0.4) is 0 Å². The number of sulfonamides is 1. The molecule has 0 bridgehead atoms. The molecular weight excluding hydrogens is 404 g/mol. The predicted octanol–water partition coefficient (Wildman–Crippen LogP) is 3.61. The molecule has 1 aliphatic rings. The maximum atomic E-state index is 12.9. The minimum absolute atomic E-state index is 0.0322. The molecule has 3 aromatic rings. The van der Waals surface area contributed by atoms with Crippen molar-refractivity contribution in [1.29, 1.82) is 0 Å². The van der Waals surface area contributed by atoms with E-state index in [2.05, 4.69) is 5.32 Å². The number of rotatable bonds is 4. The molecule has 0 saturated carbocycles. The van der Waals surface area contributed by atoms with Gasteiger partial charge in [-0.3, -0.25) is 4.79 Å². The van der Waals surface area contributed by atoms with Crippen LogP contribution in [0.1, 0.15) is 36.5 Å². The van der Waals surface area contributed by atoms with E-state index in [4.69, 9.17) is 4.42 Å². The molecule has 0 spiro atoms. The van der Waals surface area contributed by atoms with Crippen LogP contribution >= 0.6 is 0 Å². The number of amides is 1. The fourth-order valence-electron chi connectivity index (χ4n) is 3.69. The quantitative estimate of drug-likeness (QED) is 0.643. The smallest absolute Gasteiger partial charge is 0.349 e. The van der Waals surface area contributed by atoms with Gasteiger partial charge >= 0.3 is 5.63 Å². The van der Waals surface area contributed by atoms with E-state index in [-0.39, 0.29) is 16.5 Å². The van der Waals surface area contributed by atoms with Gasteiger partial charge < -0.3 is 9.73 Å². The van der Waals surface area contributed by atoms with Gasteiger partial charge in [0, 0.05) is 23.7 Å². The van der Waals surface area contributed by atoms with Crippen LogP contribution < -0.4 is 10.9 Å². The topological polar surface area (TPSA) is 96.7 Å². The molecule has 1 unspecified atom stereocenters. The zero-order valence-corrected chi connectivity index (χ0v) is 17.3. The van der Waals surface area contributed by atoms with Crippen molar-refractivity contribution in [1.82, 2.24) is 4.31 Å². The molecule has 8 heteroatoms. The maximum Gasteiger partial charge on any atom is 0.349 e. The molecule has 156 valence electrons. The predicted molar refractivity (Wildman–Crippen MR) is 114 cm³/mol. The Morgan fingerprint density at radius 2 is 1.83 bits per heavy atom. The summed E-state index contributed by atoms with van der Waals surface area (Å²) in [5.74, 6) is -0.616. The Morgan fingerprint density at radius 1 is 1.10 bits per heavy atom. The van der Waals surface area contributed by atoms with Gasteiger partial charge in [-0.15, -0.1) is 0 Å². The molecule has 1 saturated heterocycles. The Hall–Kier alpha value is -2.97. The van der Waals surface area contributed by atoms with Gasteiger partial charge in [-0.05, 0) is 56.2 Å². The number of piperidine rings is 1. The minimum Gasteiger partial charge on any atom is -0.422 e. The van der Waals surface area contributed by atoms with Gasteiger partial charge in [0.05, 0.1) is 4.90 Å². The fourth-order valence-corrected chi connectivity index (χ4v) is 5.39. The fraction of sp³-hybridized carbons (Fsp3) is 0.273. The summed E-state index contributed by atoms with van der Waals surface area (Å²) in [5.41, 5.74) is -0.0595. The van der Waals surface area contributed by atoms with E-state index in [9.17, 15) is 18.0 Å². The lowest BCUT2D eigenvalue weighted by molar-refractivity contribution is 0.102. The van der Waals surface area contributed by atoms with Gasteiger partial charge in [0.1, 0.15) is 11.1 Å². The molecule has 4 rings (SSSR count). The number of anilines is 1. The molecule has 2 heterocycles. The van der Waals surface area contributed by atoms with Crippen LogP contribution in [0.2, 0.25) is 0 Å². The first-order chi connectivity index (χ1) is 14.4. The van der Waals surface area contributed by atoms with E-state index in [1.807, 2.05) is 6.92 Å². The molecule has 1 aromatic heterocycles. The summed E-state index contributed by atoms with van der Waals surface area (Å²) < 4.78 is 32.5. The Bertz CT molecular complexity index is 1250. The molecule has 1 fully saturated rings. The van der Waals surface area contributed by atoms with Gasteiger partial charge in [0.15, 0.2) is 0 Å². The number of hydrogen-bond donors (Lipinski definition) is 1. The van der Waals surface area contributed by atoms with Gasteiger partial charge in [-0.1, -0.05) is 24.6 Å². The summed E-state index contributed by atoms with van der Waals surface area (Å²) in [7, 11) is -3.58. The van der Waals surface area contributed by atoms with Gasteiger partial charge in [-0.25, -0.2) is 13.2 Å². The van der Waals surface area contributed by atoms with Crippen LogP contribution in [0, 0.1) is 0 Å². The summed E-state index contributed by atoms with van der Waals surface area (Å²) in [6.45, 7) is 2.43. The van der Waals surface area contributed by atoms with E-state index >= 15 is 0 Å². The first-order valence-corrected chi connectivity index (χ1v) is 11.3. The Balaban J connectivity index is 1.54. The number of carbonyl (C=O) groups is 1. The highest BCUT2D eigenvalue weighted by atomic mass is 32.2. The average molecular weight is 426 g/mol. The molecule has 1 atom stereocenters. The van der Waals surface area contributed by atoms with E-state index in [0.717, 1.165) is 19.3 Å². The lowest BCUT2D eigenvalue weighted by Gasteiger charge is -2.32. The van der Waals surface area contributed by atoms with Gasteiger partial charge in [0.2, 0.25) is 10.0 Å². The average Bonchev–Trinajstić information content (AvgIpc) is 2.73. The molecule has 1 aliphatic heterocycles. The van der Waals surface area contributed by atoms with Crippen molar-refractivity contribution >= 4 is 32.6 Å². The minimum atomic E-state index is -3.58. The lowest BCUT2D eigenvalue weighted by atomic mass is 10.1. The number of hydrogen-bond acceptors (Lipinski definition) is 5. The van der Waals surface area contributed by atoms with Gasteiger partial charge in [0.25, 0.3) is 5.91 Å². The summed E-state index contributed by atoms with van der Waals surface area (Å²) in [4.78, 5) is 24.9. The molecule has 7 nitrogen and oxygen atoms in total. The normalized spacial score (nSPS) is 17.7. The summed E-state index contributed by atoms with van der Waals surface area (Å²) in [6.07, 6.45) is 2.73. The first-order valence-electron chi connectivity index (χ1n) is 9.82. The van der Waals surface area contributed by atoms with Crippen molar-refractivity contribution in [3.8, 4) is 0 Å². The van der Waals surface area contributed by atoms with Crippen molar-refractivity contribution in [3.05, 3.63) is 70.6 Å². The number of fused-ring (bicyclic) bond motifs is 1. The zero-order valence-electron chi connectivity index (χ0n) is 16.5. The third kappa shape index (κ3) is 3.88. The lowest BCUT2D eigenvalue weighted by Crippen LogP contribution is -2.41. The molecule has 1 amide bonds. The van der Waals surface area contributed by atoms with E-state index in [0.29, 0.717) is 23.2 Å². The maximum absolute atomic E-state index is 12.9. The molecule has 2 aromatic carbocycles. The van der Waals surface area contributed by atoms with Crippen LogP contribution in [0.5, 0.6) is 0 Å². The van der Waals surface area contributed by atoms with Crippen molar-refractivity contribution < 1.29 is 17.6 Å². The monoisotopic (exact) mass is 426 g/mol. The van der Waals surface area contributed by atoms with Crippen LogP contribution in [-0.4, -0.2) is 31.2 Å². The summed E-state index contributed by atoms with van der Waals surface area (Å²) >= 11 is 0. The largest absolute Gasteiger partial charge is 0.422 e. The van der Waals surface area contributed by atoms with Crippen LogP contribution in [0.25, 0.3) is 11.0 Å². The number of para-hydroxylation sites is 1. The van der Waals surface area contributed by atoms with Crippen molar-refractivity contribution in [3.63, 3.8) is 0 Å². The molecule has 1 N–H and O–H groups in total. The van der Waals surface area contributed by atoms with Crippen molar-refractivity contribution in [2.75, 3.05) is 11.9 Å². The number of nitrogens with one attached hydrogen (secondary N) is 1. The second-order valence-corrected chi connectivity index (χ2v) is 9.31. The number of benzene rings is 2. The van der Waals surface area contributed by atoms with Crippen molar-refractivity contribution in [2.24, 2.45) is 0 Å². The third-order valence-corrected chi connectivity index (χ3v) is 7.37. The highest BCUT2D eigenvalue weighted by molar-refractivity contribution is 7.89. The van der Waals surface area contributed by atoms with E-state index < -0.39 is 21.6 Å². The van der Waals surface area contributed by atoms with Crippen LogP contribution in [-0.2, 0) is 10.0 Å². The SMILES string of the molecule is CC1CCCCN1S(=O)(=O)c1ccc(NC(=O)c2cc3ccccc3oc2=O)cc1.